The fourth-order valence-electron chi connectivity index (χ4n) is 3.25. The van der Waals surface area contributed by atoms with Crippen LogP contribution in [0.3, 0.4) is 0 Å². The molecule has 1 aliphatic rings. The molecule has 1 heterocycles. The van der Waals surface area contributed by atoms with Gasteiger partial charge in [0.25, 0.3) is 5.91 Å². The van der Waals surface area contributed by atoms with Gasteiger partial charge in [0.05, 0.1) is 19.9 Å². The van der Waals surface area contributed by atoms with E-state index in [0.717, 1.165) is 25.8 Å². The number of anilines is 1. The van der Waals surface area contributed by atoms with Crippen molar-refractivity contribution in [1.82, 2.24) is 0 Å². The van der Waals surface area contributed by atoms with Crippen molar-refractivity contribution in [2.24, 2.45) is 4.99 Å². The third-order valence-electron chi connectivity index (χ3n) is 4.79. The Bertz CT molecular complexity index is 1200. The maximum absolute atomic E-state index is 13.5. The highest BCUT2D eigenvalue weighted by molar-refractivity contribution is 9.10. The number of amides is 1. The van der Waals surface area contributed by atoms with E-state index in [1.54, 1.807) is 31.3 Å². The number of hydrogen-bond donors (Lipinski definition) is 0. The second kappa shape index (κ2) is 9.08. The first-order valence-electron chi connectivity index (χ1n) is 9.39. The van der Waals surface area contributed by atoms with E-state index < -0.39 is 0 Å². The quantitative estimate of drug-likeness (QED) is 0.369. The number of aliphatic imine (C=N–C) groups is 1. The van der Waals surface area contributed by atoms with Crippen molar-refractivity contribution in [3.8, 4) is 11.5 Å². The van der Waals surface area contributed by atoms with Crippen molar-refractivity contribution in [2.45, 2.75) is 0 Å². The smallest absolute Gasteiger partial charge is 0.282 e. The molecule has 7 heteroatoms. The number of nitrogens with zero attached hydrogens (tertiary/aromatic N) is 2. The summed E-state index contributed by atoms with van der Waals surface area (Å²) in [5, 5.41) is 0. The molecular formula is C24H18Br2N2O3. The monoisotopic (exact) mass is 540 g/mol. The molecule has 0 bridgehead atoms. The Labute approximate surface area is 197 Å². The van der Waals surface area contributed by atoms with Gasteiger partial charge >= 0.3 is 0 Å². The standard InChI is InChI=1S/C24H18Br2N2O3/c1-30-18-12-7-15(22(14-18)31-2)13-21-24(29)28(17-10-8-16(25)9-11-17)23(27-21)19-5-3-4-6-20(19)26/h3-14H,1-2H3/b21-13+. The molecule has 0 saturated heterocycles. The molecule has 31 heavy (non-hydrogen) atoms. The SMILES string of the molecule is COc1ccc(/C=C2/N=C(c3ccccc3Br)N(c3ccc(Br)cc3)C2=O)c(OC)c1. The van der Waals surface area contributed by atoms with Crippen molar-refractivity contribution < 1.29 is 14.3 Å². The van der Waals surface area contributed by atoms with E-state index in [9.17, 15) is 4.79 Å². The summed E-state index contributed by atoms with van der Waals surface area (Å²) < 4.78 is 12.5. The van der Waals surface area contributed by atoms with Gasteiger partial charge in [0.15, 0.2) is 0 Å². The molecular weight excluding hydrogens is 524 g/mol. The minimum Gasteiger partial charge on any atom is -0.497 e. The summed E-state index contributed by atoms with van der Waals surface area (Å²) in [6.45, 7) is 0. The van der Waals surface area contributed by atoms with Gasteiger partial charge in [-0.25, -0.2) is 4.99 Å². The number of halogens is 2. The Balaban J connectivity index is 1.85. The van der Waals surface area contributed by atoms with Gasteiger partial charge in [0.1, 0.15) is 23.0 Å². The molecule has 3 aromatic rings. The lowest BCUT2D eigenvalue weighted by molar-refractivity contribution is -0.113. The van der Waals surface area contributed by atoms with Crippen LogP contribution in [0.4, 0.5) is 5.69 Å². The summed E-state index contributed by atoms with van der Waals surface area (Å²) in [5.74, 6) is 1.61. The molecule has 156 valence electrons. The number of hydrogen-bond acceptors (Lipinski definition) is 4. The number of rotatable bonds is 5. The number of ether oxygens (including phenoxy) is 2. The molecule has 4 rings (SSSR count). The molecule has 0 radical (unpaired) electrons. The third kappa shape index (κ3) is 4.29. The average Bonchev–Trinajstić information content (AvgIpc) is 3.10. The summed E-state index contributed by atoms with van der Waals surface area (Å²) in [6, 6.07) is 20.7. The minimum absolute atomic E-state index is 0.217. The van der Waals surface area contributed by atoms with Crippen LogP contribution in [0.1, 0.15) is 11.1 Å². The highest BCUT2D eigenvalue weighted by atomic mass is 79.9. The molecule has 3 aromatic carbocycles. The Morgan fingerprint density at radius 1 is 0.935 bits per heavy atom. The molecule has 0 atom stereocenters. The predicted molar refractivity (Wildman–Crippen MR) is 130 cm³/mol. The molecule has 0 spiro atoms. The number of benzene rings is 3. The summed E-state index contributed by atoms with van der Waals surface area (Å²) in [7, 11) is 3.18. The van der Waals surface area contributed by atoms with E-state index in [0.29, 0.717) is 23.0 Å². The first kappa shape index (κ1) is 21.3. The van der Waals surface area contributed by atoms with Crippen LogP contribution in [0.25, 0.3) is 6.08 Å². The van der Waals surface area contributed by atoms with Crippen LogP contribution in [-0.4, -0.2) is 26.0 Å². The zero-order valence-electron chi connectivity index (χ0n) is 16.8. The number of carbonyl (C=O) groups is 1. The Kier molecular flexibility index (Phi) is 6.25. The van der Waals surface area contributed by atoms with Gasteiger partial charge in [0.2, 0.25) is 0 Å². The van der Waals surface area contributed by atoms with Crippen molar-refractivity contribution in [3.05, 3.63) is 92.5 Å². The largest absolute Gasteiger partial charge is 0.497 e. The lowest BCUT2D eigenvalue weighted by Crippen LogP contribution is -2.32. The van der Waals surface area contributed by atoms with Crippen molar-refractivity contribution in [1.29, 1.82) is 0 Å². The fourth-order valence-corrected chi connectivity index (χ4v) is 3.98. The first-order chi connectivity index (χ1) is 15.0. The molecule has 0 saturated carbocycles. The number of methoxy groups -OCH3 is 2. The Hall–Kier alpha value is -2.90. The van der Waals surface area contributed by atoms with Gasteiger partial charge in [-0.15, -0.1) is 0 Å². The van der Waals surface area contributed by atoms with E-state index in [4.69, 9.17) is 14.5 Å². The molecule has 5 nitrogen and oxygen atoms in total. The highest BCUT2D eigenvalue weighted by Gasteiger charge is 2.33. The van der Waals surface area contributed by atoms with E-state index in [-0.39, 0.29) is 5.91 Å². The fraction of sp³-hybridized carbons (Fsp3) is 0.0833. The van der Waals surface area contributed by atoms with Crippen LogP contribution in [0.15, 0.2) is 86.4 Å². The molecule has 0 fully saturated rings. The van der Waals surface area contributed by atoms with Crippen molar-refractivity contribution in [3.63, 3.8) is 0 Å². The number of amidine groups is 1. The summed E-state index contributed by atoms with van der Waals surface area (Å²) in [5.41, 5.74) is 2.60. The van der Waals surface area contributed by atoms with E-state index in [1.807, 2.05) is 60.7 Å². The minimum atomic E-state index is -0.217. The first-order valence-corrected chi connectivity index (χ1v) is 11.0. The second-order valence-electron chi connectivity index (χ2n) is 6.67. The van der Waals surface area contributed by atoms with Crippen LogP contribution in [0.5, 0.6) is 11.5 Å². The number of carbonyl (C=O) groups excluding carboxylic acids is 1. The van der Waals surface area contributed by atoms with Gasteiger partial charge in [-0.05, 0) is 48.5 Å². The summed E-state index contributed by atoms with van der Waals surface area (Å²) in [6.07, 6.45) is 1.73. The zero-order chi connectivity index (χ0) is 22.0. The van der Waals surface area contributed by atoms with Gasteiger partial charge in [-0.2, -0.15) is 0 Å². The lowest BCUT2D eigenvalue weighted by Gasteiger charge is -2.19. The van der Waals surface area contributed by atoms with Gasteiger partial charge < -0.3 is 9.47 Å². The van der Waals surface area contributed by atoms with E-state index in [2.05, 4.69) is 31.9 Å². The van der Waals surface area contributed by atoms with E-state index in [1.165, 1.54) is 0 Å². The van der Waals surface area contributed by atoms with Crippen molar-refractivity contribution in [2.75, 3.05) is 19.1 Å². The third-order valence-corrected chi connectivity index (χ3v) is 6.01. The highest BCUT2D eigenvalue weighted by Crippen LogP contribution is 2.33. The van der Waals surface area contributed by atoms with Crippen molar-refractivity contribution >= 4 is 55.4 Å². The van der Waals surface area contributed by atoms with Gasteiger partial charge in [0, 0.05) is 26.1 Å². The van der Waals surface area contributed by atoms with E-state index >= 15 is 0 Å². The Morgan fingerprint density at radius 3 is 2.35 bits per heavy atom. The van der Waals surface area contributed by atoms with Crippen LogP contribution in [0.2, 0.25) is 0 Å². The summed E-state index contributed by atoms with van der Waals surface area (Å²) in [4.78, 5) is 19.8. The van der Waals surface area contributed by atoms with Gasteiger partial charge in [-0.3, -0.25) is 9.69 Å². The predicted octanol–water partition coefficient (Wildman–Crippen LogP) is 6.06. The normalized spacial score (nSPS) is 14.7. The van der Waals surface area contributed by atoms with Crippen LogP contribution in [0, 0.1) is 0 Å². The Morgan fingerprint density at radius 2 is 1.68 bits per heavy atom. The maximum atomic E-state index is 13.5. The summed E-state index contributed by atoms with van der Waals surface area (Å²) >= 11 is 7.03. The van der Waals surface area contributed by atoms with Crippen LogP contribution < -0.4 is 14.4 Å². The van der Waals surface area contributed by atoms with Crippen LogP contribution in [-0.2, 0) is 4.79 Å². The molecule has 0 unspecified atom stereocenters. The molecule has 0 aromatic heterocycles. The maximum Gasteiger partial charge on any atom is 0.282 e. The molecule has 0 aliphatic carbocycles. The molecule has 1 aliphatic heterocycles. The zero-order valence-corrected chi connectivity index (χ0v) is 20.0. The second-order valence-corrected chi connectivity index (χ2v) is 8.44. The lowest BCUT2D eigenvalue weighted by atomic mass is 10.1. The van der Waals surface area contributed by atoms with Crippen LogP contribution >= 0.6 is 31.9 Å². The molecule has 1 amide bonds. The molecule has 0 N–H and O–H groups in total. The van der Waals surface area contributed by atoms with Gasteiger partial charge in [-0.1, -0.05) is 50.1 Å². The average molecular weight is 542 g/mol. The topological polar surface area (TPSA) is 51.1 Å².